The van der Waals surface area contributed by atoms with E-state index in [0.29, 0.717) is 25.6 Å². The average molecular weight is 377 g/mol. The van der Waals surface area contributed by atoms with E-state index in [2.05, 4.69) is 23.8 Å². The number of aromatic nitrogens is 2. The lowest BCUT2D eigenvalue weighted by Gasteiger charge is -2.05. The lowest BCUT2D eigenvalue weighted by Crippen LogP contribution is -1.98. The van der Waals surface area contributed by atoms with E-state index in [-0.39, 0.29) is 0 Å². The minimum Gasteiger partial charge on any atom is -0.219 e. The molecule has 84 valence electrons. The van der Waals surface area contributed by atoms with Crippen LogP contribution in [0.3, 0.4) is 0 Å². The summed E-state index contributed by atoms with van der Waals surface area (Å²) in [6, 6.07) is 0. The zero-order valence-electron chi connectivity index (χ0n) is 8.43. The highest BCUT2D eigenvalue weighted by molar-refractivity contribution is 14.1. The fourth-order valence-corrected chi connectivity index (χ4v) is 2.45. The number of hydrogen-bond acceptors (Lipinski definition) is 3. The van der Waals surface area contributed by atoms with Gasteiger partial charge in [0.1, 0.15) is 16.1 Å². The second-order valence-corrected chi connectivity index (χ2v) is 6.27. The summed E-state index contributed by atoms with van der Waals surface area (Å²) in [5.74, 6) is 3.22. The minimum absolute atomic E-state index is 0.441. The van der Waals surface area contributed by atoms with Gasteiger partial charge in [-0.05, 0) is 34.3 Å². The average Bonchev–Trinajstić information content (AvgIpc) is 2.13. The number of halogens is 3. The quantitative estimate of drug-likeness (QED) is 0.579. The topological polar surface area (TPSA) is 25.8 Å². The van der Waals surface area contributed by atoms with Gasteiger partial charge in [-0.1, -0.05) is 37.0 Å². The molecule has 1 rings (SSSR count). The maximum absolute atomic E-state index is 5.91. The molecule has 0 aliphatic rings. The van der Waals surface area contributed by atoms with Crippen molar-refractivity contribution in [3.8, 4) is 0 Å². The van der Waals surface area contributed by atoms with Gasteiger partial charge >= 0.3 is 0 Å². The van der Waals surface area contributed by atoms with Gasteiger partial charge in [-0.3, -0.25) is 0 Å². The first kappa shape index (κ1) is 13.8. The first-order valence-corrected chi connectivity index (χ1v) is 7.44. The fourth-order valence-electron chi connectivity index (χ4n) is 0.885. The third-order valence-electron chi connectivity index (χ3n) is 1.50. The Hall–Kier alpha value is 0.740. The van der Waals surface area contributed by atoms with Gasteiger partial charge in [0.15, 0.2) is 0 Å². The highest BCUT2D eigenvalue weighted by atomic mass is 127. The predicted octanol–water partition coefficient (Wildman–Crippen LogP) is 4.28. The predicted molar refractivity (Wildman–Crippen MR) is 75.8 cm³/mol. The molecule has 0 radical (unpaired) electrons. The van der Waals surface area contributed by atoms with Crippen molar-refractivity contribution in [1.29, 1.82) is 0 Å². The molecule has 0 bridgehead atoms. The molecule has 1 heterocycles. The van der Waals surface area contributed by atoms with Crippen molar-refractivity contribution >= 4 is 57.6 Å². The first-order chi connectivity index (χ1) is 7.00. The van der Waals surface area contributed by atoms with Crippen LogP contribution in [0.15, 0.2) is 0 Å². The Morgan fingerprint density at radius 2 is 1.80 bits per heavy atom. The number of nitrogens with zero attached hydrogens (tertiary/aromatic N) is 2. The maximum atomic E-state index is 5.91. The van der Waals surface area contributed by atoms with E-state index in [1.54, 1.807) is 11.8 Å². The van der Waals surface area contributed by atoms with E-state index < -0.39 is 0 Å². The van der Waals surface area contributed by atoms with Crippen LogP contribution in [0.2, 0.25) is 10.3 Å². The molecule has 0 unspecified atom stereocenters. The largest absolute Gasteiger partial charge is 0.219 e. The highest BCUT2D eigenvalue weighted by Crippen LogP contribution is 2.24. The van der Waals surface area contributed by atoms with Gasteiger partial charge in [-0.15, -0.1) is 0 Å². The molecule has 0 saturated carbocycles. The molecule has 0 aliphatic heterocycles. The van der Waals surface area contributed by atoms with Gasteiger partial charge in [0.05, 0.1) is 9.32 Å². The van der Waals surface area contributed by atoms with Crippen molar-refractivity contribution in [3.05, 3.63) is 19.7 Å². The molecule has 0 aromatic carbocycles. The van der Waals surface area contributed by atoms with Crippen molar-refractivity contribution < 1.29 is 0 Å². The molecule has 15 heavy (non-hydrogen) atoms. The molecule has 1 aromatic rings. The van der Waals surface area contributed by atoms with Crippen LogP contribution < -0.4 is 0 Å². The Morgan fingerprint density at radius 1 is 1.27 bits per heavy atom. The standard InChI is InChI=1S/C9H11Cl2IN2S/c1-5(2)3-15-4-6-13-8(10)7(12)9(11)14-6/h5H,3-4H2,1-2H3. The molecule has 0 fully saturated rings. The second-order valence-electron chi connectivity index (χ2n) is 3.44. The fraction of sp³-hybridized carbons (Fsp3) is 0.556. The molecular formula is C9H11Cl2IN2S. The normalized spacial score (nSPS) is 11.1. The van der Waals surface area contributed by atoms with Crippen molar-refractivity contribution in [2.75, 3.05) is 5.75 Å². The second kappa shape index (κ2) is 6.47. The van der Waals surface area contributed by atoms with E-state index in [0.717, 1.165) is 11.5 Å². The first-order valence-electron chi connectivity index (χ1n) is 4.46. The summed E-state index contributed by atoms with van der Waals surface area (Å²) in [7, 11) is 0. The van der Waals surface area contributed by atoms with E-state index in [1.807, 2.05) is 22.6 Å². The number of hydrogen-bond donors (Lipinski definition) is 0. The van der Waals surface area contributed by atoms with Gasteiger partial charge < -0.3 is 0 Å². The summed E-state index contributed by atoms with van der Waals surface area (Å²) < 4.78 is 0.716. The summed E-state index contributed by atoms with van der Waals surface area (Å²) in [5.41, 5.74) is 0. The third kappa shape index (κ3) is 4.63. The molecule has 0 atom stereocenters. The number of rotatable bonds is 4. The minimum atomic E-state index is 0.441. The summed E-state index contributed by atoms with van der Waals surface area (Å²) in [4.78, 5) is 8.34. The van der Waals surface area contributed by atoms with Crippen LogP contribution >= 0.6 is 57.6 Å². The molecule has 1 aromatic heterocycles. The van der Waals surface area contributed by atoms with Crippen molar-refractivity contribution in [2.24, 2.45) is 5.92 Å². The third-order valence-corrected chi connectivity index (χ3v) is 5.07. The van der Waals surface area contributed by atoms with E-state index in [9.17, 15) is 0 Å². The van der Waals surface area contributed by atoms with E-state index in [1.165, 1.54) is 0 Å². The molecular weight excluding hydrogens is 366 g/mol. The van der Waals surface area contributed by atoms with Crippen LogP contribution in [0.25, 0.3) is 0 Å². The molecule has 2 nitrogen and oxygen atoms in total. The van der Waals surface area contributed by atoms with Gasteiger partial charge in [-0.25, -0.2) is 9.97 Å². The van der Waals surface area contributed by atoms with Crippen LogP contribution in [-0.2, 0) is 5.75 Å². The molecule has 0 saturated heterocycles. The molecule has 0 N–H and O–H groups in total. The van der Waals surface area contributed by atoms with Crippen LogP contribution in [0.5, 0.6) is 0 Å². The summed E-state index contributed by atoms with van der Waals surface area (Å²) in [6.07, 6.45) is 0. The number of thioether (sulfide) groups is 1. The zero-order chi connectivity index (χ0) is 11.4. The zero-order valence-corrected chi connectivity index (χ0v) is 12.9. The van der Waals surface area contributed by atoms with Gasteiger partial charge in [0.25, 0.3) is 0 Å². The Balaban J connectivity index is 2.63. The molecule has 6 heteroatoms. The van der Waals surface area contributed by atoms with Gasteiger partial charge in [0, 0.05) is 0 Å². The Labute approximate surface area is 118 Å². The smallest absolute Gasteiger partial charge is 0.147 e. The summed E-state index contributed by atoms with van der Waals surface area (Å²) in [6.45, 7) is 4.36. The highest BCUT2D eigenvalue weighted by Gasteiger charge is 2.08. The molecule has 0 aliphatic carbocycles. The van der Waals surface area contributed by atoms with Crippen molar-refractivity contribution in [3.63, 3.8) is 0 Å². The summed E-state index contributed by atoms with van der Waals surface area (Å²) in [5, 5.41) is 0.881. The Kier molecular flexibility index (Phi) is 5.95. The Bertz CT molecular complexity index is 324. The maximum Gasteiger partial charge on any atom is 0.147 e. The van der Waals surface area contributed by atoms with Gasteiger partial charge in [-0.2, -0.15) is 11.8 Å². The molecule has 0 spiro atoms. The van der Waals surface area contributed by atoms with Crippen LogP contribution in [0.4, 0.5) is 0 Å². The van der Waals surface area contributed by atoms with E-state index in [4.69, 9.17) is 23.2 Å². The van der Waals surface area contributed by atoms with E-state index >= 15 is 0 Å². The van der Waals surface area contributed by atoms with Crippen LogP contribution in [0.1, 0.15) is 19.7 Å². The monoisotopic (exact) mass is 376 g/mol. The van der Waals surface area contributed by atoms with Crippen molar-refractivity contribution in [2.45, 2.75) is 19.6 Å². The summed E-state index contributed by atoms with van der Waals surface area (Å²) >= 11 is 15.6. The lowest BCUT2D eigenvalue weighted by molar-refractivity contribution is 0.749. The molecule has 0 amide bonds. The van der Waals surface area contributed by atoms with Crippen LogP contribution in [0, 0.1) is 9.49 Å². The lowest BCUT2D eigenvalue weighted by atomic mass is 10.3. The Morgan fingerprint density at radius 3 is 2.27 bits per heavy atom. The van der Waals surface area contributed by atoms with Gasteiger partial charge in [0.2, 0.25) is 0 Å². The van der Waals surface area contributed by atoms with Crippen LogP contribution in [-0.4, -0.2) is 15.7 Å². The van der Waals surface area contributed by atoms with Crippen molar-refractivity contribution in [1.82, 2.24) is 9.97 Å². The SMILES string of the molecule is CC(C)CSCc1nc(Cl)c(I)c(Cl)n1.